The van der Waals surface area contributed by atoms with Gasteiger partial charge in [-0.1, -0.05) is 25.0 Å². The average molecular weight is 363 g/mol. The van der Waals surface area contributed by atoms with Crippen LogP contribution < -0.4 is 4.90 Å². The molecule has 1 atom stereocenters. The minimum atomic E-state index is -0.167. The molecule has 0 saturated heterocycles. The number of hydrogen-bond acceptors (Lipinski definition) is 6. The molecule has 5 rings (SSSR count). The molecule has 1 N–H and O–H groups in total. The predicted molar refractivity (Wildman–Crippen MR) is 99.8 cm³/mol. The number of aromatic nitrogens is 6. The first-order valence-electron chi connectivity index (χ1n) is 9.19. The summed E-state index contributed by atoms with van der Waals surface area (Å²) >= 11 is 0. The minimum Gasteiger partial charge on any atom is -0.408 e. The van der Waals surface area contributed by atoms with Crippen LogP contribution in [-0.2, 0) is 6.42 Å². The van der Waals surface area contributed by atoms with Gasteiger partial charge in [0.25, 0.3) is 0 Å². The molecule has 5 heterocycles. The molecular weight excluding hydrogens is 342 g/mol. The van der Waals surface area contributed by atoms with Crippen molar-refractivity contribution in [3.63, 3.8) is 0 Å². The minimum absolute atomic E-state index is 0.167. The van der Waals surface area contributed by atoms with Crippen molar-refractivity contribution in [1.29, 1.82) is 0 Å². The molecule has 0 unspecified atom stereocenters. The van der Waals surface area contributed by atoms with Crippen molar-refractivity contribution in [3.8, 4) is 0 Å². The van der Waals surface area contributed by atoms with Gasteiger partial charge in [0.1, 0.15) is 6.04 Å². The van der Waals surface area contributed by atoms with Crippen LogP contribution in [0, 0.1) is 6.92 Å². The number of rotatable bonds is 3. The Bertz CT molecular complexity index is 1110. The molecule has 0 aliphatic carbocycles. The Morgan fingerprint density at radius 2 is 2.19 bits per heavy atom. The molecule has 8 heteroatoms. The van der Waals surface area contributed by atoms with E-state index in [1.807, 2.05) is 16.8 Å². The molecule has 0 spiro atoms. The van der Waals surface area contributed by atoms with E-state index in [1.165, 1.54) is 5.56 Å². The fourth-order valence-electron chi connectivity index (χ4n) is 3.86. The molecule has 4 aromatic rings. The van der Waals surface area contributed by atoms with Crippen LogP contribution in [0.25, 0.3) is 5.52 Å². The third-order valence-corrected chi connectivity index (χ3v) is 5.14. The highest BCUT2D eigenvalue weighted by Gasteiger charge is 2.35. The Hall–Kier alpha value is -3.16. The Kier molecular flexibility index (Phi) is 3.53. The van der Waals surface area contributed by atoms with Crippen LogP contribution in [0.15, 0.2) is 35.1 Å². The SMILES string of the molecule is Cc1nnc(N2CCc3[nH]cnc3[C@H]2c2cc3c(C(C)C)cccn3n2)o1. The summed E-state index contributed by atoms with van der Waals surface area (Å²) in [6.45, 7) is 6.95. The Morgan fingerprint density at radius 3 is 2.96 bits per heavy atom. The lowest BCUT2D eigenvalue weighted by Crippen LogP contribution is -2.36. The number of nitrogens with one attached hydrogen (secondary N) is 1. The maximum atomic E-state index is 5.73. The monoisotopic (exact) mass is 363 g/mol. The van der Waals surface area contributed by atoms with E-state index in [-0.39, 0.29) is 6.04 Å². The van der Waals surface area contributed by atoms with Crippen LogP contribution >= 0.6 is 0 Å². The van der Waals surface area contributed by atoms with Crippen molar-refractivity contribution in [2.45, 2.75) is 39.2 Å². The van der Waals surface area contributed by atoms with E-state index in [2.05, 4.69) is 51.0 Å². The van der Waals surface area contributed by atoms with Gasteiger partial charge in [0, 0.05) is 31.8 Å². The third kappa shape index (κ3) is 2.51. The van der Waals surface area contributed by atoms with Gasteiger partial charge in [0.2, 0.25) is 5.89 Å². The lowest BCUT2D eigenvalue weighted by atomic mass is 9.99. The zero-order valence-corrected chi connectivity index (χ0v) is 15.5. The van der Waals surface area contributed by atoms with Crippen LogP contribution in [0.2, 0.25) is 0 Å². The summed E-state index contributed by atoms with van der Waals surface area (Å²) < 4.78 is 7.68. The summed E-state index contributed by atoms with van der Waals surface area (Å²) in [5, 5.41) is 13.1. The summed E-state index contributed by atoms with van der Waals surface area (Å²) in [6.07, 6.45) is 4.58. The van der Waals surface area contributed by atoms with E-state index in [0.29, 0.717) is 17.8 Å². The molecule has 4 aromatic heterocycles. The second-order valence-corrected chi connectivity index (χ2v) is 7.23. The van der Waals surface area contributed by atoms with Gasteiger partial charge in [-0.3, -0.25) is 0 Å². The van der Waals surface area contributed by atoms with Gasteiger partial charge in [0.05, 0.1) is 23.2 Å². The third-order valence-electron chi connectivity index (χ3n) is 5.14. The van der Waals surface area contributed by atoms with Gasteiger partial charge in [0.15, 0.2) is 0 Å². The number of fused-ring (bicyclic) bond motifs is 2. The number of H-pyrrole nitrogens is 1. The van der Waals surface area contributed by atoms with Gasteiger partial charge < -0.3 is 14.3 Å². The molecule has 138 valence electrons. The lowest BCUT2D eigenvalue weighted by molar-refractivity contribution is 0.477. The normalized spacial score (nSPS) is 17.0. The van der Waals surface area contributed by atoms with Crippen molar-refractivity contribution in [2.75, 3.05) is 11.4 Å². The van der Waals surface area contributed by atoms with E-state index in [0.717, 1.165) is 35.6 Å². The summed E-state index contributed by atoms with van der Waals surface area (Å²) in [5.41, 5.74) is 5.41. The van der Waals surface area contributed by atoms with Crippen LogP contribution in [0.5, 0.6) is 0 Å². The number of imidazole rings is 1. The fourth-order valence-corrected chi connectivity index (χ4v) is 3.86. The van der Waals surface area contributed by atoms with Crippen molar-refractivity contribution in [1.82, 2.24) is 29.8 Å². The molecular formula is C19H21N7O. The van der Waals surface area contributed by atoms with Crippen molar-refractivity contribution in [3.05, 3.63) is 59.3 Å². The lowest BCUT2D eigenvalue weighted by Gasteiger charge is -2.32. The van der Waals surface area contributed by atoms with Gasteiger partial charge in [-0.25, -0.2) is 9.50 Å². The first-order chi connectivity index (χ1) is 13.1. The van der Waals surface area contributed by atoms with Gasteiger partial charge in [-0.05, 0) is 23.6 Å². The van der Waals surface area contributed by atoms with E-state index in [1.54, 1.807) is 13.3 Å². The zero-order chi connectivity index (χ0) is 18.5. The Balaban J connectivity index is 1.68. The smallest absolute Gasteiger partial charge is 0.319 e. The van der Waals surface area contributed by atoms with E-state index < -0.39 is 0 Å². The van der Waals surface area contributed by atoms with Gasteiger partial charge >= 0.3 is 6.01 Å². The molecule has 27 heavy (non-hydrogen) atoms. The van der Waals surface area contributed by atoms with Crippen molar-refractivity contribution < 1.29 is 4.42 Å². The maximum Gasteiger partial charge on any atom is 0.319 e. The molecule has 0 amide bonds. The number of nitrogens with zero attached hydrogens (tertiary/aromatic N) is 6. The van der Waals surface area contributed by atoms with Crippen molar-refractivity contribution >= 4 is 11.5 Å². The first kappa shape index (κ1) is 16.0. The quantitative estimate of drug-likeness (QED) is 0.602. The van der Waals surface area contributed by atoms with Crippen molar-refractivity contribution in [2.24, 2.45) is 0 Å². The standard InChI is InChI=1S/C19H21N7O/c1-11(2)13-5-4-7-26-16(13)9-15(24-26)18-17-14(20-10-21-17)6-8-25(18)19-23-22-12(3)27-19/h4-5,7,9-11,18H,6,8H2,1-3H3,(H,20,21)/t18-/m1/s1. The second-order valence-electron chi connectivity index (χ2n) is 7.23. The van der Waals surface area contributed by atoms with E-state index in [4.69, 9.17) is 9.52 Å². The van der Waals surface area contributed by atoms with Crippen LogP contribution in [0.1, 0.15) is 54.3 Å². The molecule has 0 aromatic carbocycles. The predicted octanol–water partition coefficient (Wildman–Crippen LogP) is 3.02. The van der Waals surface area contributed by atoms with Crippen LogP contribution in [0.3, 0.4) is 0 Å². The topological polar surface area (TPSA) is 88.1 Å². The Labute approximate surface area is 156 Å². The molecule has 1 aliphatic heterocycles. The van der Waals surface area contributed by atoms with Crippen LogP contribution in [0.4, 0.5) is 6.01 Å². The number of aromatic amines is 1. The summed E-state index contributed by atoms with van der Waals surface area (Å²) in [4.78, 5) is 9.94. The first-order valence-corrected chi connectivity index (χ1v) is 9.19. The number of hydrogen-bond donors (Lipinski definition) is 1. The molecule has 0 radical (unpaired) electrons. The highest BCUT2D eigenvalue weighted by Crippen LogP contribution is 2.36. The maximum absolute atomic E-state index is 5.73. The van der Waals surface area contributed by atoms with E-state index in [9.17, 15) is 0 Å². The second kappa shape index (κ2) is 5.94. The largest absolute Gasteiger partial charge is 0.408 e. The molecule has 0 saturated carbocycles. The Morgan fingerprint density at radius 1 is 1.30 bits per heavy atom. The number of aryl methyl sites for hydroxylation is 1. The summed E-state index contributed by atoms with van der Waals surface area (Å²) in [5.74, 6) is 0.967. The molecule has 8 nitrogen and oxygen atoms in total. The van der Waals surface area contributed by atoms with E-state index >= 15 is 0 Å². The molecule has 0 fully saturated rings. The van der Waals surface area contributed by atoms with Gasteiger partial charge in [-0.15, -0.1) is 5.10 Å². The van der Waals surface area contributed by atoms with Gasteiger partial charge in [-0.2, -0.15) is 5.10 Å². The summed E-state index contributed by atoms with van der Waals surface area (Å²) in [7, 11) is 0. The average Bonchev–Trinajstić information content (AvgIpc) is 3.38. The number of anilines is 1. The fraction of sp³-hybridized carbons (Fsp3) is 0.368. The summed E-state index contributed by atoms with van der Waals surface area (Å²) in [6, 6.07) is 6.69. The van der Waals surface area contributed by atoms with Crippen LogP contribution in [-0.4, -0.2) is 36.3 Å². The highest BCUT2D eigenvalue weighted by atomic mass is 16.4. The zero-order valence-electron chi connectivity index (χ0n) is 15.5. The molecule has 0 bridgehead atoms. The number of pyridine rings is 1. The molecule has 1 aliphatic rings. The highest BCUT2D eigenvalue weighted by molar-refractivity contribution is 5.58.